The maximum atomic E-state index is 12.3. The van der Waals surface area contributed by atoms with Crippen molar-refractivity contribution in [3.8, 4) is 0 Å². The van der Waals surface area contributed by atoms with E-state index in [0.717, 1.165) is 0 Å². The summed E-state index contributed by atoms with van der Waals surface area (Å²) >= 11 is 4.05. The number of carboxylic acid groups (broad SMARTS) is 1. The third-order valence-corrected chi connectivity index (χ3v) is 3.84. The summed E-state index contributed by atoms with van der Waals surface area (Å²) in [5, 5.41) is 14.2. The molecule has 6 N–H and O–H groups in total. The lowest BCUT2D eigenvalue weighted by molar-refractivity contribution is -0.142. The van der Waals surface area contributed by atoms with E-state index in [0.29, 0.717) is 12.1 Å². The van der Waals surface area contributed by atoms with E-state index in [1.54, 1.807) is 0 Å². The number of thiol groups is 1. The van der Waals surface area contributed by atoms with Gasteiger partial charge in [-0.3, -0.25) is 9.59 Å². The van der Waals surface area contributed by atoms with E-state index >= 15 is 0 Å². The molecule has 0 radical (unpaired) electrons. The summed E-state index contributed by atoms with van der Waals surface area (Å²) in [6.07, 6.45) is 3.42. The van der Waals surface area contributed by atoms with Gasteiger partial charge in [0.05, 0.1) is 12.4 Å². The van der Waals surface area contributed by atoms with Crippen LogP contribution in [0.2, 0.25) is 0 Å². The van der Waals surface area contributed by atoms with Crippen molar-refractivity contribution in [2.45, 2.75) is 44.8 Å². The molecule has 0 spiro atoms. The second-order valence-corrected chi connectivity index (χ2v) is 6.53. The first-order valence-corrected chi connectivity index (χ1v) is 8.55. The van der Waals surface area contributed by atoms with Crippen molar-refractivity contribution in [2.24, 2.45) is 11.7 Å². The topological polar surface area (TPSA) is 150 Å². The van der Waals surface area contributed by atoms with Gasteiger partial charge in [-0.15, -0.1) is 0 Å². The molecule has 0 aliphatic rings. The van der Waals surface area contributed by atoms with Crippen LogP contribution >= 0.6 is 12.6 Å². The molecule has 25 heavy (non-hydrogen) atoms. The van der Waals surface area contributed by atoms with Gasteiger partial charge in [-0.05, 0) is 12.3 Å². The molecule has 1 rings (SSSR count). The summed E-state index contributed by atoms with van der Waals surface area (Å²) < 4.78 is 0. The van der Waals surface area contributed by atoms with Gasteiger partial charge in [0, 0.05) is 24.1 Å². The minimum atomic E-state index is -1.19. The highest BCUT2D eigenvalue weighted by Gasteiger charge is 2.27. The molecule has 2 amide bonds. The molecular weight excluding hydrogens is 346 g/mol. The van der Waals surface area contributed by atoms with Gasteiger partial charge in [-0.25, -0.2) is 9.78 Å². The molecule has 1 aromatic heterocycles. The summed E-state index contributed by atoms with van der Waals surface area (Å²) in [4.78, 5) is 42.3. The van der Waals surface area contributed by atoms with E-state index in [1.807, 2.05) is 13.8 Å². The van der Waals surface area contributed by atoms with Gasteiger partial charge in [-0.1, -0.05) is 13.8 Å². The summed E-state index contributed by atoms with van der Waals surface area (Å²) in [7, 11) is 0. The number of carbonyl (C=O) groups is 3. The van der Waals surface area contributed by atoms with Gasteiger partial charge >= 0.3 is 5.97 Å². The van der Waals surface area contributed by atoms with Crippen molar-refractivity contribution in [1.82, 2.24) is 20.6 Å². The predicted molar refractivity (Wildman–Crippen MR) is 95.1 cm³/mol. The number of hydrogen-bond donors (Lipinski definition) is 6. The first-order valence-electron chi connectivity index (χ1n) is 7.91. The number of hydrogen-bond acceptors (Lipinski definition) is 6. The first kappa shape index (κ1) is 21.0. The van der Waals surface area contributed by atoms with Crippen LogP contribution in [0.5, 0.6) is 0 Å². The van der Waals surface area contributed by atoms with E-state index in [2.05, 4.69) is 33.2 Å². The lowest BCUT2D eigenvalue weighted by Gasteiger charge is -2.22. The number of carboxylic acids is 1. The zero-order chi connectivity index (χ0) is 19.0. The molecule has 0 aliphatic heterocycles. The molecule has 0 saturated heterocycles. The number of aromatic nitrogens is 2. The third kappa shape index (κ3) is 7.14. The number of nitrogens with zero attached hydrogens (tertiary/aromatic N) is 1. The number of imidazole rings is 1. The van der Waals surface area contributed by atoms with Crippen LogP contribution < -0.4 is 16.4 Å². The van der Waals surface area contributed by atoms with Gasteiger partial charge in [0.15, 0.2) is 0 Å². The highest BCUT2D eigenvalue weighted by molar-refractivity contribution is 7.80. The van der Waals surface area contributed by atoms with Crippen LogP contribution in [0.1, 0.15) is 26.0 Å². The zero-order valence-electron chi connectivity index (χ0n) is 14.2. The van der Waals surface area contributed by atoms with Gasteiger partial charge in [0.25, 0.3) is 0 Å². The molecule has 3 unspecified atom stereocenters. The molecule has 1 aromatic rings. The Morgan fingerprint density at radius 3 is 2.40 bits per heavy atom. The van der Waals surface area contributed by atoms with E-state index < -0.39 is 35.9 Å². The minimum absolute atomic E-state index is 0.0162. The number of aromatic amines is 1. The second-order valence-electron chi connectivity index (χ2n) is 6.16. The fraction of sp³-hybridized carbons (Fsp3) is 0.600. The van der Waals surface area contributed by atoms with Crippen molar-refractivity contribution >= 4 is 30.4 Å². The molecule has 0 aromatic carbocycles. The summed E-state index contributed by atoms with van der Waals surface area (Å²) in [6, 6.07) is -2.87. The Morgan fingerprint density at radius 1 is 1.28 bits per heavy atom. The van der Waals surface area contributed by atoms with Gasteiger partial charge in [-0.2, -0.15) is 12.6 Å². The fourth-order valence-corrected chi connectivity index (χ4v) is 2.43. The number of nitrogens with one attached hydrogen (secondary N) is 3. The quantitative estimate of drug-likeness (QED) is 0.300. The number of amides is 2. The lowest BCUT2D eigenvalue weighted by atomic mass is 10.0. The fourth-order valence-electron chi connectivity index (χ4n) is 2.18. The highest BCUT2D eigenvalue weighted by atomic mass is 32.1. The number of aliphatic carboxylic acids is 1. The maximum absolute atomic E-state index is 12.3. The van der Waals surface area contributed by atoms with Crippen LogP contribution in [0.4, 0.5) is 0 Å². The third-order valence-electron chi connectivity index (χ3n) is 3.47. The number of nitrogens with two attached hydrogens (primary N) is 1. The summed E-state index contributed by atoms with van der Waals surface area (Å²) in [6.45, 7) is 3.87. The van der Waals surface area contributed by atoms with Crippen molar-refractivity contribution in [3.05, 3.63) is 18.2 Å². The number of rotatable bonds is 10. The standard InChI is InChI=1S/C15H25N5O4S/c1-8(2)3-10(16)13(21)20-12(6-25)14(22)19-11(15(23)24)4-9-5-17-7-18-9/h5,7-8,10-12,25H,3-4,6,16H2,1-2H3,(H,17,18)(H,19,22)(H,20,21)(H,23,24). The molecular formula is C15H25N5O4S. The van der Waals surface area contributed by atoms with Crippen LogP contribution in [0.25, 0.3) is 0 Å². The normalized spacial score (nSPS) is 14.6. The van der Waals surface area contributed by atoms with E-state index in [-0.39, 0.29) is 18.1 Å². The number of H-pyrrole nitrogens is 1. The molecule has 0 bridgehead atoms. The van der Waals surface area contributed by atoms with Gasteiger partial charge in [0.2, 0.25) is 11.8 Å². The van der Waals surface area contributed by atoms with Crippen LogP contribution in [0.3, 0.4) is 0 Å². The average Bonchev–Trinajstić information content (AvgIpc) is 3.03. The Balaban J connectivity index is 2.66. The molecule has 140 valence electrons. The zero-order valence-corrected chi connectivity index (χ0v) is 15.1. The summed E-state index contributed by atoms with van der Waals surface area (Å²) in [5.74, 6) is -2.04. The predicted octanol–water partition coefficient (Wildman–Crippen LogP) is -0.690. The minimum Gasteiger partial charge on any atom is -0.480 e. The van der Waals surface area contributed by atoms with Crippen LogP contribution in [0.15, 0.2) is 12.5 Å². The van der Waals surface area contributed by atoms with Crippen LogP contribution in [-0.4, -0.2) is 56.7 Å². The molecule has 3 atom stereocenters. The molecule has 1 heterocycles. The van der Waals surface area contributed by atoms with Crippen molar-refractivity contribution < 1.29 is 19.5 Å². The Kier molecular flexibility index (Phi) is 8.42. The monoisotopic (exact) mass is 371 g/mol. The first-order chi connectivity index (χ1) is 11.7. The van der Waals surface area contributed by atoms with Crippen molar-refractivity contribution in [2.75, 3.05) is 5.75 Å². The SMILES string of the molecule is CC(C)CC(N)C(=O)NC(CS)C(=O)NC(Cc1cnc[nH]1)C(=O)O. The Bertz CT molecular complexity index is 578. The van der Waals surface area contributed by atoms with Crippen molar-refractivity contribution in [3.63, 3.8) is 0 Å². The molecule has 0 saturated carbocycles. The number of carbonyl (C=O) groups excluding carboxylic acids is 2. The van der Waals surface area contributed by atoms with Gasteiger partial charge < -0.3 is 26.5 Å². The summed E-state index contributed by atoms with van der Waals surface area (Å²) in [5.41, 5.74) is 6.35. The Morgan fingerprint density at radius 2 is 1.92 bits per heavy atom. The van der Waals surface area contributed by atoms with Crippen LogP contribution in [0, 0.1) is 5.92 Å². The second kappa shape index (κ2) is 10.0. The molecule has 9 nitrogen and oxygen atoms in total. The van der Waals surface area contributed by atoms with Gasteiger partial charge in [0.1, 0.15) is 12.1 Å². The van der Waals surface area contributed by atoms with Crippen LogP contribution in [-0.2, 0) is 20.8 Å². The van der Waals surface area contributed by atoms with E-state index in [4.69, 9.17) is 5.73 Å². The largest absolute Gasteiger partial charge is 0.480 e. The maximum Gasteiger partial charge on any atom is 0.326 e. The Labute approximate surface area is 151 Å². The molecule has 10 heteroatoms. The van der Waals surface area contributed by atoms with E-state index in [1.165, 1.54) is 12.5 Å². The van der Waals surface area contributed by atoms with E-state index in [9.17, 15) is 19.5 Å². The van der Waals surface area contributed by atoms with Crippen molar-refractivity contribution in [1.29, 1.82) is 0 Å². The molecule has 0 fully saturated rings. The molecule has 0 aliphatic carbocycles. The highest BCUT2D eigenvalue weighted by Crippen LogP contribution is 2.04. The average molecular weight is 371 g/mol. The lowest BCUT2D eigenvalue weighted by Crippen LogP contribution is -2.55. The smallest absolute Gasteiger partial charge is 0.326 e. The Hall–Kier alpha value is -2.07.